The van der Waals surface area contributed by atoms with Crippen LogP contribution in [0.3, 0.4) is 0 Å². The van der Waals surface area contributed by atoms with E-state index in [2.05, 4.69) is 33.8 Å². The first kappa shape index (κ1) is 23.0. The molecule has 0 radical (unpaired) electrons. The second-order valence-corrected chi connectivity index (χ2v) is 6.77. The van der Waals surface area contributed by atoms with Gasteiger partial charge in [0.15, 0.2) is 5.96 Å². The maximum absolute atomic E-state index is 11.8. The summed E-state index contributed by atoms with van der Waals surface area (Å²) in [6.07, 6.45) is 2.48. The first-order valence-corrected chi connectivity index (χ1v) is 9.66. The van der Waals surface area contributed by atoms with Gasteiger partial charge in [-0.05, 0) is 48.2 Å². The van der Waals surface area contributed by atoms with Gasteiger partial charge in [-0.25, -0.2) is 0 Å². The minimum Gasteiger partial charge on any atom is -0.497 e. The second kappa shape index (κ2) is 11.6. The Morgan fingerprint density at radius 1 is 1.14 bits per heavy atom. The lowest BCUT2D eigenvalue weighted by molar-refractivity contribution is -0.117. The van der Waals surface area contributed by atoms with Crippen molar-refractivity contribution in [2.24, 2.45) is 4.99 Å². The Morgan fingerprint density at radius 3 is 2.59 bits per heavy atom. The quantitative estimate of drug-likeness (QED) is 0.342. The number of benzene rings is 2. The van der Waals surface area contributed by atoms with Crippen molar-refractivity contribution in [3.8, 4) is 5.75 Å². The lowest BCUT2D eigenvalue weighted by atomic mass is 10.1. The number of guanidine groups is 1. The zero-order valence-electron chi connectivity index (χ0n) is 17.0. The number of methoxy groups -OCH3 is 1. The maximum Gasteiger partial charge on any atom is 0.227 e. The third-order valence-electron chi connectivity index (χ3n) is 4.85. The van der Waals surface area contributed by atoms with E-state index in [0.29, 0.717) is 13.0 Å². The van der Waals surface area contributed by atoms with Crippen LogP contribution in [0.1, 0.15) is 24.0 Å². The molecule has 1 fully saturated rings. The van der Waals surface area contributed by atoms with E-state index < -0.39 is 0 Å². The number of hydrogen-bond donors (Lipinski definition) is 2. The predicted molar refractivity (Wildman–Crippen MR) is 128 cm³/mol. The van der Waals surface area contributed by atoms with Gasteiger partial charge in [-0.2, -0.15) is 0 Å². The van der Waals surface area contributed by atoms with Crippen LogP contribution >= 0.6 is 24.0 Å². The van der Waals surface area contributed by atoms with Crippen molar-refractivity contribution in [1.29, 1.82) is 0 Å². The van der Waals surface area contributed by atoms with Gasteiger partial charge >= 0.3 is 0 Å². The van der Waals surface area contributed by atoms with Crippen molar-refractivity contribution in [1.82, 2.24) is 10.6 Å². The highest BCUT2D eigenvalue weighted by molar-refractivity contribution is 14.0. The fourth-order valence-electron chi connectivity index (χ4n) is 3.27. The lowest BCUT2D eigenvalue weighted by Gasteiger charge is -2.16. The summed E-state index contributed by atoms with van der Waals surface area (Å²) < 4.78 is 5.26. The fraction of sp³-hybridized carbons (Fsp3) is 0.364. The Balaban J connectivity index is 0.00000300. The van der Waals surface area contributed by atoms with Crippen LogP contribution in [0.4, 0.5) is 5.69 Å². The number of nitrogens with one attached hydrogen (secondary N) is 2. The highest BCUT2D eigenvalue weighted by atomic mass is 127. The van der Waals surface area contributed by atoms with Crippen LogP contribution in [0.2, 0.25) is 0 Å². The molecule has 0 bridgehead atoms. The number of aliphatic imine (C=N–C) groups is 1. The van der Waals surface area contributed by atoms with Crippen LogP contribution in [-0.2, 0) is 17.8 Å². The van der Waals surface area contributed by atoms with Crippen LogP contribution in [-0.4, -0.2) is 39.1 Å². The van der Waals surface area contributed by atoms with Crippen LogP contribution in [0.25, 0.3) is 0 Å². The van der Waals surface area contributed by atoms with Gasteiger partial charge in [0.05, 0.1) is 7.11 Å². The number of ether oxygens (including phenoxy) is 1. The SMILES string of the molecule is CN=C(NCCc1cccc(OC)c1)NCc1ccc(N2CCCC2=O)cc1.I. The molecule has 1 aliphatic heterocycles. The Bertz CT molecular complexity index is 824. The van der Waals surface area contributed by atoms with Gasteiger partial charge < -0.3 is 20.3 Å². The number of rotatable bonds is 7. The number of hydrogen-bond acceptors (Lipinski definition) is 3. The molecule has 1 saturated heterocycles. The molecule has 0 aliphatic carbocycles. The standard InChI is InChI=1S/C22H28N4O2.HI/c1-23-22(24-13-12-17-5-3-6-20(15-17)28-2)25-16-18-8-10-19(11-9-18)26-14-4-7-21(26)27;/h3,5-6,8-11,15H,4,7,12-14,16H2,1-2H3,(H2,23,24,25);1H. The molecule has 1 aliphatic rings. The smallest absolute Gasteiger partial charge is 0.227 e. The molecule has 2 aromatic rings. The summed E-state index contributed by atoms with van der Waals surface area (Å²) in [4.78, 5) is 18.0. The third-order valence-corrected chi connectivity index (χ3v) is 4.85. The summed E-state index contributed by atoms with van der Waals surface area (Å²) in [5.74, 6) is 1.85. The number of carbonyl (C=O) groups is 1. The van der Waals surface area contributed by atoms with E-state index in [9.17, 15) is 4.79 Å². The van der Waals surface area contributed by atoms with Gasteiger partial charge in [0.25, 0.3) is 0 Å². The van der Waals surface area contributed by atoms with E-state index >= 15 is 0 Å². The minimum atomic E-state index is 0. The van der Waals surface area contributed by atoms with E-state index in [0.717, 1.165) is 48.9 Å². The summed E-state index contributed by atoms with van der Waals surface area (Å²) in [6.45, 7) is 2.27. The molecule has 2 N–H and O–H groups in total. The van der Waals surface area contributed by atoms with Gasteiger partial charge in [0.2, 0.25) is 5.91 Å². The number of carbonyl (C=O) groups excluding carboxylic acids is 1. The van der Waals surface area contributed by atoms with Gasteiger partial charge in [0, 0.05) is 38.8 Å². The highest BCUT2D eigenvalue weighted by Crippen LogP contribution is 2.21. The first-order chi connectivity index (χ1) is 13.7. The molecule has 6 nitrogen and oxygen atoms in total. The molecule has 0 aromatic heterocycles. The summed E-state index contributed by atoms with van der Waals surface area (Å²) in [7, 11) is 3.45. The Labute approximate surface area is 189 Å². The van der Waals surface area contributed by atoms with Crippen molar-refractivity contribution in [3.63, 3.8) is 0 Å². The number of nitrogens with zero attached hydrogens (tertiary/aromatic N) is 2. The van der Waals surface area contributed by atoms with Crippen molar-refractivity contribution >= 4 is 41.5 Å². The number of anilines is 1. The van der Waals surface area contributed by atoms with E-state index in [1.807, 2.05) is 35.2 Å². The molecule has 0 spiro atoms. The average molecular weight is 508 g/mol. The lowest BCUT2D eigenvalue weighted by Crippen LogP contribution is -2.37. The summed E-state index contributed by atoms with van der Waals surface area (Å²) in [5.41, 5.74) is 3.34. The molecular weight excluding hydrogens is 479 g/mol. The number of halogens is 1. The molecule has 7 heteroatoms. The summed E-state index contributed by atoms with van der Waals surface area (Å²) >= 11 is 0. The normalized spacial score (nSPS) is 13.8. The predicted octanol–water partition coefficient (Wildman–Crippen LogP) is 3.35. The number of amides is 1. The molecule has 156 valence electrons. The second-order valence-electron chi connectivity index (χ2n) is 6.77. The van der Waals surface area contributed by atoms with Crippen LogP contribution in [0.5, 0.6) is 5.75 Å². The van der Waals surface area contributed by atoms with Crippen molar-refractivity contribution < 1.29 is 9.53 Å². The Hall–Kier alpha value is -2.29. The van der Waals surface area contributed by atoms with Crippen LogP contribution < -0.4 is 20.3 Å². The van der Waals surface area contributed by atoms with Gasteiger partial charge in [-0.15, -0.1) is 24.0 Å². The van der Waals surface area contributed by atoms with E-state index in [4.69, 9.17) is 4.74 Å². The Morgan fingerprint density at radius 2 is 1.93 bits per heavy atom. The molecule has 0 saturated carbocycles. The monoisotopic (exact) mass is 508 g/mol. The van der Waals surface area contributed by atoms with E-state index in [1.165, 1.54) is 5.56 Å². The average Bonchev–Trinajstić information content (AvgIpc) is 3.17. The zero-order valence-corrected chi connectivity index (χ0v) is 19.3. The zero-order chi connectivity index (χ0) is 19.8. The molecule has 0 atom stereocenters. The van der Waals surface area contributed by atoms with E-state index in [1.54, 1.807) is 14.2 Å². The fourth-order valence-corrected chi connectivity index (χ4v) is 3.27. The largest absolute Gasteiger partial charge is 0.497 e. The first-order valence-electron chi connectivity index (χ1n) is 9.66. The van der Waals surface area contributed by atoms with Gasteiger partial charge in [-0.3, -0.25) is 9.79 Å². The van der Waals surface area contributed by atoms with Crippen molar-refractivity contribution in [2.75, 3.05) is 32.1 Å². The van der Waals surface area contributed by atoms with Crippen LogP contribution in [0.15, 0.2) is 53.5 Å². The van der Waals surface area contributed by atoms with E-state index in [-0.39, 0.29) is 29.9 Å². The minimum absolute atomic E-state index is 0. The molecule has 2 aromatic carbocycles. The molecule has 1 amide bonds. The maximum atomic E-state index is 11.8. The molecular formula is C22H29IN4O2. The van der Waals surface area contributed by atoms with Gasteiger partial charge in [-0.1, -0.05) is 24.3 Å². The highest BCUT2D eigenvalue weighted by Gasteiger charge is 2.21. The third kappa shape index (κ3) is 6.62. The molecule has 0 unspecified atom stereocenters. The summed E-state index contributed by atoms with van der Waals surface area (Å²) in [5, 5.41) is 6.66. The van der Waals surface area contributed by atoms with Crippen molar-refractivity contribution in [2.45, 2.75) is 25.8 Å². The topological polar surface area (TPSA) is 66.0 Å². The van der Waals surface area contributed by atoms with Gasteiger partial charge in [0.1, 0.15) is 5.75 Å². The van der Waals surface area contributed by atoms with Crippen molar-refractivity contribution in [3.05, 3.63) is 59.7 Å². The molecule has 1 heterocycles. The molecule has 3 rings (SSSR count). The summed E-state index contributed by atoms with van der Waals surface area (Å²) in [6, 6.07) is 16.2. The van der Waals surface area contributed by atoms with Crippen LogP contribution in [0, 0.1) is 0 Å². The molecule has 29 heavy (non-hydrogen) atoms. The Kier molecular flexibility index (Phi) is 9.24.